The molecule has 6 nitrogen and oxygen atoms in total. The third-order valence-corrected chi connectivity index (χ3v) is 4.84. The third kappa shape index (κ3) is 5.97. The second-order valence-electron chi connectivity index (χ2n) is 6.58. The van der Waals surface area contributed by atoms with E-state index in [1.807, 2.05) is 0 Å². The van der Waals surface area contributed by atoms with Gasteiger partial charge in [-0.25, -0.2) is 0 Å². The largest absolute Gasteiger partial charge is 0.378 e. The molecule has 2 amide bonds. The molecular weight excluding hydrogens is 378 g/mol. The summed E-state index contributed by atoms with van der Waals surface area (Å²) in [6.07, 6.45) is 0.666. The summed E-state index contributed by atoms with van der Waals surface area (Å²) in [5.41, 5.74) is 3.17. The minimum atomic E-state index is -0.641. The van der Waals surface area contributed by atoms with Gasteiger partial charge in [-0.05, 0) is 41.8 Å². The molecule has 148 valence electrons. The lowest BCUT2D eigenvalue weighted by molar-refractivity contribution is -0.139. The van der Waals surface area contributed by atoms with E-state index in [1.54, 1.807) is 24.3 Å². The summed E-state index contributed by atoms with van der Waals surface area (Å²) in [5.74, 6) is -1.27. The van der Waals surface area contributed by atoms with Crippen molar-refractivity contribution in [2.75, 3.05) is 37.7 Å². The number of carbonyl (C=O) groups is 2. The molecule has 1 aliphatic rings. The molecule has 0 saturated carbocycles. The fourth-order valence-corrected chi connectivity index (χ4v) is 3.09. The quantitative estimate of drug-likeness (QED) is 0.728. The molecule has 2 aromatic carbocycles. The summed E-state index contributed by atoms with van der Waals surface area (Å²) in [6.45, 7) is 4.01. The smallest absolute Gasteiger partial charge is 0.309 e. The van der Waals surface area contributed by atoms with Crippen molar-refractivity contribution < 1.29 is 14.3 Å². The number of nitrogens with one attached hydrogen (secondary N) is 2. The molecule has 1 fully saturated rings. The first kappa shape index (κ1) is 20.2. The molecule has 0 bridgehead atoms. The number of ether oxygens (including phenoxy) is 1. The highest BCUT2D eigenvalue weighted by Crippen LogP contribution is 2.16. The van der Waals surface area contributed by atoms with E-state index in [1.165, 1.54) is 5.69 Å². The number of amides is 2. The Morgan fingerprint density at radius 2 is 1.50 bits per heavy atom. The van der Waals surface area contributed by atoms with Crippen LogP contribution in [0.4, 0.5) is 5.69 Å². The van der Waals surface area contributed by atoms with E-state index in [0.29, 0.717) is 18.0 Å². The number of morpholine rings is 1. The molecule has 0 aromatic heterocycles. The van der Waals surface area contributed by atoms with Crippen LogP contribution < -0.4 is 15.5 Å². The zero-order valence-corrected chi connectivity index (χ0v) is 16.4. The van der Waals surface area contributed by atoms with Crippen molar-refractivity contribution in [3.63, 3.8) is 0 Å². The topological polar surface area (TPSA) is 70.7 Å². The first-order chi connectivity index (χ1) is 13.6. The maximum Gasteiger partial charge on any atom is 0.309 e. The number of nitrogens with zero attached hydrogens (tertiary/aromatic N) is 1. The number of halogens is 1. The molecule has 28 heavy (non-hydrogen) atoms. The van der Waals surface area contributed by atoms with Crippen LogP contribution in [0.1, 0.15) is 11.1 Å². The summed E-state index contributed by atoms with van der Waals surface area (Å²) < 4.78 is 5.37. The highest BCUT2D eigenvalue weighted by molar-refractivity contribution is 6.35. The Morgan fingerprint density at radius 3 is 2.18 bits per heavy atom. The van der Waals surface area contributed by atoms with Gasteiger partial charge < -0.3 is 20.3 Å². The first-order valence-corrected chi connectivity index (χ1v) is 9.72. The lowest BCUT2D eigenvalue weighted by Crippen LogP contribution is -2.40. The molecule has 0 spiro atoms. The Balaban J connectivity index is 1.38. The molecule has 7 heteroatoms. The summed E-state index contributed by atoms with van der Waals surface area (Å²) >= 11 is 5.82. The average Bonchev–Trinajstić information content (AvgIpc) is 2.74. The Bertz CT molecular complexity index is 788. The van der Waals surface area contributed by atoms with Gasteiger partial charge >= 0.3 is 11.8 Å². The lowest BCUT2D eigenvalue weighted by atomic mass is 10.1. The zero-order chi connectivity index (χ0) is 19.8. The molecule has 0 unspecified atom stereocenters. The molecule has 0 radical (unpaired) electrons. The Kier molecular flexibility index (Phi) is 7.28. The standard InChI is InChI=1S/C21H24ClN3O3/c22-18-5-1-17(2-6-18)15-24-21(27)20(26)23-10-9-16-3-7-19(8-4-16)25-11-13-28-14-12-25/h1-8H,9-15H2,(H,23,26)(H,24,27). The monoisotopic (exact) mass is 401 g/mol. The molecular formula is C21H24ClN3O3. The van der Waals surface area contributed by atoms with Gasteiger partial charge in [-0.1, -0.05) is 35.9 Å². The maximum absolute atomic E-state index is 11.9. The van der Waals surface area contributed by atoms with Gasteiger partial charge in [0, 0.05) is 36.9 Å². The second-order valence-corrected chi connectivity index (χ2v) is 7.02. The van der Waals surface area contributed by atoms with Crippen LogP contribution in [0.15, 0.2) is 48.5 Å². The van der Waals surface area contributed by atoms with Crippen molar-refractivity contribution in [3.05, 3.63) is 64.7 Å². The van der Waals surface area contributed by atoms with Gasteiger partial charge in [0.05, 0.1) is 13.2 Å². The van der Waals surface area contributed by atoms with Crippen LogP contribution in [0.2, 0.25) is 5.02 Å². The van der Waals surface area contributed by atoms with Crippen molar-refractivity contribution >= 4 is 29.1 Å². The summed E-state index contributed by atoms with van der Waals surface area (Å²) in [4.78, 5) is 26.1. The van der Waals surface area contributed by atoms with Crippen LogP contribution in [-0.4, -0.2) is 44.7 Å². The summed E-state index contributed by atoms with van der Waals surface area (Å²) in [7, 11) is 0. The third-order valence-electron chi connectivity index (χ3n) is 4.58. The van der Waals surface area contributed by atoms with Crippen molar-refractivity contribution in [2.45, 2.75) is 13.0 Å². The minimum absolute atomic E-state index is 0.284. The van der Waals surface area contributed by atoms with Crippen LogP contribution in [0.5, 0.6) is 0 Å². The van der Waals surface area contributed by atoms with Crippen molar-refractivity contribution in [1.82, 2.24) is 10.6 Å². The van der Waals surface area contributed by atoms with Crippen LogP contribution in [0, 0.1) is 0 Å². The van der Waals surface area contributed by atoms with Gasteiger partial charge in [0.25, 0.3) is 0 Å². The highest BCUT2D eigenvalue weighted by atomic mass is 35.5. The van der Waals surface area contributed by atoms with E-state index in [9.17, 15) is 9.59 Å². The van der Waals surface area contributed by atoms with Gasteiger partial charge in [0.1, 0.15) is 0 Å². The molecule has 2 aromatic rings. The number of carbonyl (C=O) groups excluding carboxylic acids is 2. The molecule has 0 aliphatic carbocycles. The summed E-state index contributed by atoms with van der Waals surface area (Å²) in [6, 6.07) is 15.4. The molecule has 1 saturated heterocycles. The second kappa shape index (κ2) is 10.1. The molecule has 1 aliphatic heterocycles. The first-order valence-electron chi connectivity index (χ1n) is 9.34. The molecule has 1 heterocycles. The van der Waals surface area contributed by atoms with Gasteiger partial charge in [-0.15, -0.1) is 0 Å². The predicted octanol–water partition coefficient (Wildman–Crippen LogP) is 2.15. The normalized spacial score (nSPS) is 13.8. The Labute approximate surface area is 169 Å². The number of anilines is 1. The summed E-state index contributed by atoms with van der Waals surface area (Å²) in [5, 5.41) is 5.89. The van der Waals surface area contributed by atoms with Crippen molar-refractivity contribution in [3.8, 4) is 0 Å². The minimum Gasteiger partial charge on any atom is -0.378 e. The van der Waals surface area contributed by atoms with Crippen LogP contribution in [0.25, 0.3) is 0 Å². The van der Waals surface area contributed by atoms with Gasteiger partial charge in [-0.3, -0.25) is 9.59 Å². The zero-order valence-electron chi connectivity index (χ0n) is 15.6. The Hall–Kier alpha value is -2.57. The van der Waals surface area contributed by atoms with E-state index < -0.39 is 11.8 Å². The lowest BCUT2D eigenvalue weighted by Gasteiger charge is -2.28. The molecule has 2 N–H and O–H groups in total. The molecule has 0 atom stereocenters. The average molecular weight is 402 g/mol. The van der Waals surface area contributed by atoms with E-state index in [-0.39, 0.29) is 6.54 Å². The fourth-order valence-electron chi connectivity index (χ4n) is 2.96. The van der Waals surface area contributed by atoms with Crippen LogP contribution in [0.3, 0.4) is 0 Å². The highest BCUT2D eigenvalue weighted by Gasteiger charge is 2.13. The Morgan fingerprint density at radius 1 is 0.893 bits per heavy atom. The van der Waals surface area contributed by atoms with Gasteiger partial charge in [-0.2, -0.15) is 0 Å². The number of benzene rings is 2. The van der Waals surface area contributed by atoms with E-state index in [0.717, 1.165) is 37.4 Å². The van der Waals surface area contributed by atoms with Gasteiger partial charge in [0.15, 0.2) is 0 Å². The number of hydrogen-bond acceptors (Lipinski definition) is 4. The van der Waals surface area contributed by atoms with Gasteiger partial charge in [0.2, 0.25) is 0 Å². The van der Waals surface area contributed by atoms with Crippen molar-refractivity contribution in [1.29, 1.82) is 0 Å². The van der Waals surface area contributed by atoms with Crippen LogP contribution in [-0.2, 0) is 27.3 Å². The van der Waals surface area contributed by atoms with Crippen LogP contribution >= 0.6 is 11.6 Å². The number of rotatable bonds is 6. The fraction of sp³-hybridized carbons (Fsp3) is 0.333. The number of hydrogen-bond donors (Lipinski definition) is 2. The molecule has 3 rings (SSSR count). The maximum atomic E-state index is 11.9. The van der Waals surface area contributed by atoms with E-state index in [4.69, 9.17) is 16.3 Å². The van der Waals surface area contributed by atoms with Crippen molar-refractivity contribution in [2.24, 2.45) is 0 Å². The van der Waals surface area contributed by atoms with E-state index >= 15 is 0 Å². The van der Waals surface area contributed by atoms with E-state index in [2.05, 4.69) is 39.8 Å². The SMILES string of the molecule is O=C(NCCc1ccc(N2CCOCC2)cc1)C(=O)NCc1ccc(Cl)cc1. The predicted molar refractivity (Wildman–Crippen MR) is 109 cm³/mol.